The molecule has 0 saturated heterocycles. The van der Waals surface area contributed by atoms with E-state index in [1.54, 1.807) is 0 Å². The van der Waals surface area contributed by atoms with Gasteiger partial charge in [-0.15, -0.1) is 0 Å². The van der Waals surface area contributed by atoms with Crippen LogP contribution in [0.25, 0.3) is 0 Å². The Labute approximate surface area is 112 Å². The van der Waals surface area contributed by atoms with Crippen LogP contribution in [-0.2, 0) is 11.2 Å². The Balaban J connectivity index is 2.29. The Hall–Kier alpha value is -1.50. The smallest absolute Gasteiger partial charge is 0.230 e. The van der Waals surface area contributed by atoms with E-state index in [0.717, 1.165) is 18.7 Å². The maximum atomic E-state index is 11.9. The minimum atomic E-state index is -0.398. The molecule has 1 amide bonds. The molecular weight excluding hydrogens is 250 g/mol. The Bertz CT molecular complexity index is 390. The second-order valence-electron chi connectivity index (χ2n) is 4.45. The molecule has 1 rings (SSSR count). The molecule has 1 unspecified atom stereocenters. The minimum absolute atomic E-state index is 0.102. The van der Waals surface area contributed by atoms with Gasteiger partial charge in [-0.05, 0) is 12.3 Å². The summed E-state index contributed by atoms with van der Waals surface area (Å²) >= 11 is 4.91. The van der Waals surface area contributed by atoms with Crippen molar-refractivity contribution in [3.8, 4) is 0 Å². The SMILES string of the molecule is CC(C)C(C(=O)NCCCc1ncn[nH]1)C(N)=S. The second kappa shape index (κ2) is 7.05. The van der Waals surface area contributed by atoms with E-state index < -0.39 is 5.92 Å². The van der Waals surface area contributed by atoms with E-state index in [4.69, 9.17) is 18.0 Å². The van der Waals surface area contributed by atoms with Crippen LogP contribution in [0, 0.1) is 11.8 Å². The molecule has 0 spiro atoms. The van der Waals surface area contributed by atoms with Crippen molar-refractivity contribution in [3.63, 3.8) is 0 Å². The highest BCUT2D eigenvalue weighted by atomic mass is 32.1. The van der Waals surface area contributed by atoms with Crippen molar-refractivity contribution in [2.24, 2.45) is 17.6 Å². The molecule has 1 aromatic heterocycles. The summed E-state index contributed by atoms with van der Waals surface area (Å²) in [6, 6.07) is 0. The number of amides is 1. The van der Waals surface area contributed by atoms with E-state index in [9.17, 15) is 4.79 Å². The largest absolute Gasteiger partial charge is 0.393 e. The number of nitrogens with two attached hydrogens (primary N) is 1. The second-order valence-corrected chi connectivity index (χ2v) is 4.92. The number of H-pyrrole nitrogens is 1. The third-order valence-electron chi connectivity index (χ3n) is 2.61. The number of carbonyl (C=O) groups is 1. The number of hydrogen-bond donors (Lipinski definition) is 3. The van der Waals surface area contributed by atoms with Crippen LogP contribution in [0.15, 0.2) is 6.33 Å². The van der Waals surface area contributed by atoms with Gasteiger partial charge in [0, 0.05) is 13.0 Å². The molecule has 0 aliphatic rings. The molecule has 4 N–H and O–H groups in total. The maximum absolute atomic E-state index is 11.9. The number of nitrogens with zero attached hydrogens (tertiary/aromatic N) is 2. The molecule has 1 aromatic rings. The van der Waals surface area contributed by atoms with Gasteiger partial charge in [0.15, 0.2) is 0 Å². The number of aryl methyl sites for hydroxylation is 1. The van der Waals surface area contributed by atoms with Crippen LogP contribution >= 0.6 is 12.2 Å². The maximum Gasteiger partial charge on any atom is 0.230 e. The van der Waals surface area contributed by atoms with Crippen LogP contribution in [0.2, 0.25) is 0 Å². The molecule has 7 heteroatoms. The average Bonchev–Trinajstić information content (AvgIpc) is 2.76. The van der Waals surface area contributed by atoms with Gasteiger partial charge in [0.25, 0.3) is 0 Å². The van der Waals surface area contributed by atoms with E-state index in [-0.39, 0.29) is 16.8 Å². The first-order valence-electron chi connectivity index (χ1n) is 5.93. The zero-order valence-corrected chi connectivity index (χ0v) is 11.5. The molecule has 0 radical (unpaired) electrons. The highest BCUT2D eigenvalue weighted by molar-refractivity contribution is 7.80. The standard InChI is InChI=1S/C11H19N5OS/c1-7(2)9(10(12)18)11(17)13-5-3-4-8-14-6-15-16-8/h6-7,9H,3-5H2,1-2H3,(H2,12,18)(H,13,17)(H,14,15,16). The molecule has 0 fully saturated rings. The van der Waals surface area contributed by atoms with E-state index in [1.807, 2.05) is 13.8 Å². The monoisotopic (exact) mass is 269 g/mol. The van der Waals surface area contributed by atoms with Crippen LogP contribution in [0.5, 0.6) is 0 Å². The fourth-order valence-electron chi connectivity index (χ4n) is 1.69. The molecule has 6 nitrogen and oxygen atoms in total. The molecule has 0 aliphatic carbocycles. The molecule has 0 bridgehead atoms. The summed E-state index contributed by atoms with van der Waals surface area (Å²) in [5, 5.41) is 9.36. The van der Waals surface area contributed by atoms with E-state index in [0.29, 0.717) is 6.54 Å². The van der Waals surface area contributed by atoms with Gasteiger partial charge in [-0.1, -0.05) is 26.1 Å². The third-order valence-corrected chi connectivity index (χ3v) is 2.86. The number of aromatic nitrogens is 3. The summed E-state index contributed by atoms with van der Waals surface area (Å²) in [4.78, 5) is 16.1. The van der Waals surface area contributed by atoms with Crippen molar-refractivity contribution in [1.82, 2.24) is 20.5 Å². The van der Waals surface area contributed by atoms with E-state index in [2.05, 4.69) is 20.5 Å². The minimum Gasteiger partial charge on any atom is -0.393 e. The van der Waals surface area contributed by atoms with Gasteiger partial charge < -0.3 is 11.1 Å². The lowest BCUT2D eigenvalue weighted by Crippen LogP contribution is -2.41. The molecule has 0 aromatic carbocycles. The third kappa shape index (κ3) is 4.40. The van der Waals surface area contributed by atoms with Crippen LogP contribution in [0.1, 0.15) is 26.1 Å². The predicted molar refractivity (Wildman–Crippen MR) is 72.8 cm³/mol. The highest BCUT2D eigenvalue weighted by Gasteiger charge is 2.24. The summed E-state index contributed by atoms with van der Waals surface area (Å²) in [6.45, 7) is 4.43. The number of nitrogens with one attached hydrogen (secondary N) is 2. The zero-order valence-electron chi connectivity index (χ0n) is 10.6. The number of hydrogen-bond acceptors (Lipinski definition) is 4. The fourth-order valence-corrected chi connectivity index (χ4v) is 2.07. The predicted octanol–water partition coefficient (Wildman–Crippen LogP) is 0.412. The van der Waals surface area contributed by atoms with Gasteiger partial charge in [-0.25, -0.2) is 4.98 Å². The van der Waals surface area contributed by atoms with Gasteiger partial charge in [-0.2, -0.15) is 5.10 Å². The Morgan fingerprint density at radius 3 is 2.83 bits per heavy atom. The van der Waals surface area contributed by atoms with E-state index in [1.165, 1.54) is 6.33 Å². The zero-order chi connectivity index (χ0) is 13.5. The number of carbonyl (C=O) groups excluding carboxylic acids is 1. The van der Waals surface area contributed by atoms with Crippen molar-refractivity contribution in [2.45, 2.75) is 26.7 Å². The fraction of sp³-hybridized carbons (Fsp3) is 0.636. The van der Waals surface area contributed by atoms with Crippen molar-refractivity contribution in [3.05, 3.63) is 12.2 Å². The molecule has 1 heterocycles. The first-order valence-corrected chi connectivity index (χ1v) is 6.34. The highest BCUT2D eigenvalue weighted by Crippen LogP contribution is 2.11. The summed E-state index contributed by atoms with van der Waals surface area (Å²) < 4.78 is 0. The van der Waals surface area contributed by atoms with Crippen LogP contribution in [-0.4, -0.2) is 32.6 Å². The molecule has 100 valence electrons. The summed E-state index contributed by atoms with van der Waals surface area (Å²) in [5.41, 5.74) is 5.57. The number of thiocarbonyl (C=S) groups is 1. The normalized spacial score (nSPS) is 12.4. The van der Waals surface area contributed by atoms with Crippen LogP contribution in [0.3, 0.4) is 0 Å². The first-order chi connectivity index (χ1) is 8.52. The number of rotatable bonds is 7. The molecule has 18 heavy (non-hydrogen) atoms. The number of aromatic amines is 1. The van der Waals surface area contributed by atoms with Crippen molar-refractivity contribution in [1.29, 1.82) is 0 Å². The molecule has 0 saturated carbocycles. The first kappa shape index (κ1) is 14.6. The summed E-state index contributed by atoms with van der Waals surface area (Å²) in [5.74, 6) is 0.427. The van der Waals surface area contributed by atoms with Crippen molar-refractivity contribution in [2.75, 3.05) is 6.54 Å². The molecule has 0 aliphatic heterocycles. The Morgan fingerprint density at radius 2 is 2.33 bits per heavy atom. The van der Waals surface area contributed by atoms with Gasteiger partial charge in [0.05, 0.1) is 10.9 Å². The van der Waals surface area contributed by atoms with Crippen molar-refractivity contribution < 1.29 is 4.79 Å². The summed E-state index contributed by atoms with van der Waals surface area (Å²) in [7, 11) is 0. The van der Waals surface area contributed by atoms with Gasteiger partial charge in [0.1, 0.15) is 12.2 Å². The molecule has 1 atom stereocenters. The van der Waals surface area contributed by atoms with Gasteiger partial charge >= 0.3 is 0 Å². The quantitative estimate of drug-likeness (QED) is 0.492. The summed E-state index contributed by atoms with van der Waals surface area (Å²) in [6.07, 6.45) is 3.01. The lowest BCUT2D eigenvalue weighted by Gasteiger charge is -2.18. The Kier molecular flexibility index (Phi) is 5.70. The lowest BCUT2D eigenvalue weighted by molar-refractivity contribution is -0.123. The Morgan fingerprint density at radius 1 is 1.61 bits per heavy atom. The van der Waals surface area contributed by atoms with Crippen molar-refractivity contribution >= 4 is 23.1 Å². The average molecular weight is 269 g/mol. The van der Waals surface area contributed by atoms with Gasteiger partial charge in [0.2, 0.25) is 5.91 Å². The topological polar surface area (TPSA) is 96.7 Å². The lowest BCUT2D eigenvalue weighted by atomic mass is 9.95. The van der Waals surface area contributed by atoms with E-state index >= 15 is 0 Å². The van der Waals surface area contributed by atoms with Crippen LogP contribution in [0.4, 0.5) is 0 Å². The van der Waals surface area contributed by atoms with Gasteiger partial charge in [-0.3, -0.25) is 9.89 Å². The van der Waals surface area contributed by atoms with Crippen LogP contribution < -0.4 is 11.1 Å². The molecular formula is C11H19N5OS.